The number of methoxy groups -OCH3 is 1. The molecule has 0 saturated heterocycles. The monoisotopic (exact) mass is 224 g/mol. The zero-order valence-corrected chi connectivity index (χ0v) is 9.65. The summed E-state index contributed by atoms with van der Waals surface area (Å²) in [5, 5.41) is 2.59. The molecule has 16 heavy (non-hydrogen) atoms. The van der Waals surface area contributed by atoms with Crippen LogP contribution in [0.1, 0.15) is 12.6 Å². The van der Waals surface area contributed by atoms with Crippen molar-refractivity contribution in [2.24, 2.45) is 11.7 Å². The summed E-state index contributed by atoms with van der Waals surface area (Å²) < 4.78 is 4.98. The maximum atomic E-state index is 11.5. The van der Waals surface area contributed by atoms with Crippen LogP contribution in [-0.2, 0) is 4.79 Å². The maximum absolute atomic E-state index is 11.5. The van der Waals surface area contributed by atoms with Crippen LogP contribution in [0.25, 0.3) is 0 Å². The van der Waals surface area contributed by atoms with E-state index < -0.39 is 0 Å². The summed E-state index contributed by atoms with van der Waals surface area (Å²) in [6, 6.07) is 1.68. The Labute approximate surface area is 94.2 Å². The maximum Gasteiger partial charge on any atom is 0.232 e. The van der Waals surface area contributed by atoms with E-state index in [4.69, 9.17) is 10.5 Å². The molecule has 1 rings (SSSR count). The summed E-state index contributed by atoms with van der Waals surface area (Å²) in [5.41, 5.74) is 6.11. The normalized spacial score (nSPS) is 12.0. The van der Waals surface area contributed by atoms with E-state index in [-0.39, 0.29) is 24.3 Å². The third-order valence-electron chi connectivity index (χ3n) is 2.08. The minimum atomic E-state index is -0.268. The molecule has 0 aliphatic rings. The average Bonchev–Trinajstić information content (AvgIpc) is 2.26. The number of aromatic nitrogens is 2. The minimum Gasteiger partial charge on any atom is -0.481 e. The van der Waals surface area contributed by atoms with Crippen molar-refractivity contribution in [3.8, 4) is 5.88 Å². The second kappa shape index (κ2) is 5.41. The van der Waals surface area contributed by atoms with Crippen molar-refractivity contribution < 1.29 is 9.53 Å². The lowest BCUT2D eigenvalue weighted by Crippen LogP contribution is -2.27. The Balaban J connectivity index is 2.81. The highest BCUT2D eigenvalue weighted by atomic mass is 16.5. The van der Waals surface area contributed by atoms with Gasteiger partial charge in [-0.2, -0.15) is 4.98 Å². The summed E-state index contributed by atoms with van der Waals surface area (Å²) in [7, 11) is 1.51. The van der Waals surface area contributed by atoms with Crippen LogP contribution in [-0.4, -0.2) is 29.5 Å². The molecule has 1 aromatic rings. The SMILES string of the molecule is COc1cc(C)nc(NC(=O)C(C)CN)n1. The second-order valence-electron chi connectivity index (χ2n) is 3.50. The molecule has 0 aliphatic heterocycles. The van der Waals surface area contributed by atoms with E-state index in [1.54, 1.807) is 19.9 Å². The molecule has 0 bridgehead atoms. The van der Waals surface area contributed by atoms with Gasteiger partial charge < -0.3 is 10.5 Å². The summed E-state index contributed by atoms with van der Waals surface area (Å²) in [6.07, 6.45) is 0. The predicted molar refractivity (Wildman–Crippen MR) is 60.2 cm³/mol. The number of hydrogen-bond acceptors (Lipinski definition) is 5. The first-order valence-electron chi connectivity index (χ1n) is 4.97. The fraction of sp³-hybridized carbons (Fsp3) is 0.500. The Bertz CT molecular complexity index is 381. The van der Waals surface area contributed by atoms with Crippen molar-refractivity contribution in [3.63, 3.8) is 0 Å². The Kier molecular flexibility index (Phi) is 4.19. The van der Waals surface area contributed by atoms with Crippen molar-refractivity contribution in [2.75, 3.05) is 19.0 Å². The van der Waals surface area contributed by atoms with Crippen molar-refractivity contribution in [2.45, 2.75) is 13.8 Å². The first-order chi connectivity index (χ1) is 7.56. The van der Waals surface area contributed by atoms with Gasteiger partial charge in [-0.3, -0.25) is 10.1 Å². The first-order valence-corrected chi connectivity index (χ1v) is 4.97. The summed E-state index contributed by atoms with van der Waals surface area (Å²) in [5.74, 6) is 0.190. The third kappa shape index (κ3) is 3.16. The number of ether oxygens (including phenoxy) is 1. The molecular formula is C10H16N4O2. The van der Waals surface area contributed by atoms with Crippen LogP contribution in [0, 0.1) is 12.8 Å². The molecule has 0 radical (unpaired) electrons. The number of nitrogens with one attached hydrogen (secondary N) is 1. The highest BCUT2D eigenvalue weighted by Gasteiger charge is 2.13. The van der Waals surface area contributed by atoms with E-state index in [0.29, 0.717) is 5.88 Å². The van der Waals surface area contributed by atoms with E-state index in [9.17, 15) is 4.79 Å². The smallest absolute Gasteiger partial charge is 0.232 e. The van der Waals surface area contributed by atoms with Gasteiger partial charge in [-0.1, -0.05) is 6.92 Å². The van der Waals surface area contributed by atoms with Gasteiger partial charge in [0.05, 0.1) is 7.11 Å². The average molecular weight is 224 g/mol. The van der Waals surface area contributed by atoms with E-state index in [2.05, 4.69) is 15.3 Å². The molecule has 6 heteroatoms. The van der Waals surface area contributed by atoms with Crippen molar-refractivity contribution >= 4 is 11.9 Å². The van der Waals surface area contributed by atoms with Crippen LogP contribution in [0.3, 0.4) is 0 Å². The zero-order valence-electron chi connectivity index (χ0n) is 9.65. The van der Waals surface area contributed by atoms with Crippen LogP contribution < -0.4 is 15.8 Å². The topological polar surface area (TPSA) is 90.1 Å². The molecule has 0 fully saturated rings. The van der Waals surface area contributed by atoms with Crippen molar-refractivity contribution in [1.29, 1.82) is 0 Å². The quantitative estimate of drug-likeness (QED) is 0.769. The Morgan fingerprint density at radius 1 is 1.62 bits per heavy atom. The number of amides is 1. The van der Waals surface area contributed by atoms with Gasteiger partial charge in [-0.25, -0.2) is 4.98 Å². The van der Waals surface area contributed by atoms with Gasteiger partial charge in [-0.05, 0) is 6.92 Å². The van der Waals surface area contributed by atoms with E-state index in [1.807, 2.05) is 0 Å². The number of rotatable bonds is 4. The van der Waals surface area contributed by atoms with Crippen molar-refractivity contribution in [1.82, 2.24) is 9.97 Å². The molecule has 6 nitrogen and oxygen atoms in total. The predicted octanol–water partition coefficient (Wildman–Crippen LogP) is 0.327. The Morgan fingerprint density at radius 3 is 2.88 bits per heavy atom. The lowest BCUT2D eigenvalue weighted by atomic mass is 10.2. The largest absolute Gasteiger partial charge is 0.481 e. The fourth-order valence-electron chi connectivity index (χ4n) is 1.04. The number of carbonyl (C=O) groups excluding carboxylic acids is 1. The Hall–Kier alpha value is -1.69. The molecule has 1 aromatic heterocycles. The number of aryl methyl sites for hydroxylation is 1. The van der Waals surface area contributed by atoms with Gasteiger partial charge in [-0.15, -0.1) is 0 Å². The molecule has 88 valence electrons. The molecule has 1 amide bonds. The standard InChI is InChI=1S/C10H16N4O2/c1-6(5-11)9(15)14-10-12-7(2)4-8(13-10)16-3/h4,6H,5,11H2,1-3H3,(H,12,13,14,15). The molecule has 3 N–H and O–H groups in total. The summed E-state index contributed by atoms with van der Waals surface area (Å²) in [6.45, 7) is 3.82. The molecule has 0 spiro atoms. The lowest BCUT2D eigenvalue weighted by Gasteiger charge is -2.09. The van der Waals surface area contributed by atoms with Gasteiger partial charge in [0.1, 0.15) is 0 Å². The van der Waals surface area contributed by atoms with Gasteiger partial charge in [0.2, 0.25) is 17.7 Å². The van der Waals surface area contributed by atoms with Crippen LogP contribution >= 0.6 is 0 Å². The van der Waals surface area contributed by atoms with E-state index in [1.165, 1.54) is 7.11 Å². The van der Waals surface area contributed by atoms with E-state index >= 15 is 0 Å². The number of carbonyl (C=O) groups is 1. The van der Waals surface area contributed by atoms with Crippen molar-refractivity contribution in [3.05, 3.63) is 11.8 Å². The van der Waals surface area contributed by atoms with Gasteiger partial charge in [0.25, 0.3) is 0 Å². The first kappa shape index (κ1) is 12.4. The van der Waals surface area contributed by atoms with Crippen LogP contribution in [0.2, 0.25) is 0 Å². The molecule has 1 atom stereocenters. The number of hydrogen-bond donors (Lipinski definition) is 2. The van der Waals surface area contributed by atoms with Crippen LogP contribution in [0.15, 0.2) is 6.07 Å². The molecule has 1 unspecified atom stereocenters. The van der Waals surface area contributed by atoms with Gasteiger partial charge >= 0.3 is 0 Å². The molecule has 1 heterocycles. The highest BCUT2D eigenvalue weighted by molar-refractivity contribution is 5.90. The lowest BCUT2D eigenvalue weighted by molar-refractivity contribution is -0.119. The molecule has 0 aliphatic carbocycles. The molecular weight excluding hydrogens is 208 g/mol. The molecule has 0 saturated carbocycles. The summed E-state index contributed by atoms with van der Waals surface area (Å²) >= 11 is 0. The van der Waals surface area contributed by atoms with Gasteiger partial charge in [0.15, 0.2) is 0 Å². The number of nitrogens with zero attached hydrogens (tertiary/aromatic N) is 2. The number of anilines is 1. The van der Waals surface area contributed by atoms with Crippen LogP contribution in [0.5, 0.6) is 5.88 Å². The van der Waals surface area contributed by atoms with Gasteiger partial charge in [0, 0.05) is 24.2 Å². The van der Waals surface area contributed by atoms with Crippen LogP contribution in [0.4, 0.5) is 5.95 Å². The fourth-order valence-corrected chi connectivity index (χ4v) is 1.04. The number of nitrogens with two attached hydrogens (primary N) is 1. The minimum absolute atomic E-state index is 0.199. The summed E-state index contributed by atoms with van der Waals surface area (Å²) in [4.78, 5) is 19.6. The highest BCUT2D eigenvalue weighted by Crippen LogP contribution is 2.11. The van der Waals surface area contributed by atoms with E-state index in [0.717, 1.165) is 5.69 Å². The second-order valence-corrected chi connectivity index (χ2v) is 3.50. The molecule has 0 aromatic carbocycles. The third-order valence-corrected chi connectivity index (χ3v) is 2.08. The Morgan fingerprint density at radius 2 is 2.31 bits per heavy atom. The zero-order chi connectivity index (χ0) is 12.1.